The third kappa shape index (κ3) is 4.16. The van der Waals surface area contributed by atoms with Gasteiger partial charge in [0.1, 0.15) is 22.8 Å². The Morgan fingerprint density at radius 2 is 1.86 bits per heavy atom. The highest BCUT2D eigenvalue weighted by Gasteiger charge is 2.30. The molecule has 0 saturated heterocycles. The van der Waals surface area contributed by atoms with Crippen LogP contribution in [0.15, 0.2) is 51.7 Å². The van der Waals surface area contributed by atoms with E-state index in [4.69, 9.17) is 18.6 Å². The molecular weight excluding hydrogens is 389 g/mol. The maximum atomic E-state index is 12.7. The van der Waals surface area contributed by atoms with Crippen molar-refractivity contribution >= 4 is 11.0 Å². The highest BCUT2D eigenvalue weighted by Crippen LogP contribution is 2.40. The summed E-state index contributed by atoms with van der Waals surface area (Å²) in [4.78, 5) is 11.5. The van der Waals surface area contributed by atoms with Crippen LogP contribution in [-0.2, 0) is 12.6 Å². The van der Waals surface area contributed by atoms with E-state index < -0.39 is 17.4 Å². The van der Waals surface area contributed by atoms with Gasteiger partial charge in [0.05, 0.1) is 30.8 Å². The van der Waals surface area contributed by atoms with Gasteiger partial charge in [0.15, 0.2) is 0 Å². The molecule has 29 heavy (non-hydrogen) atoms. The topological polar surface area (TPSA) is 57.9 Å². The molecule has 0 atom stereocenters. The van der Waals surface area contributed by atoms with Crippen molar-refractivity contribution in [1.29, 1.82) is 0 Å². The van der Waals surface area contributed by atoms with Gasteiger partial charge in [-0.1, -0.05) is 6.07 Å². The zero-order valence-corrected chi connectivity index (χ0v) is 15.3. The van der Waals surface area contributed by atoms with Crippen molar-refractivity contribution in [3.8, 4) is 17.2 Å². The number of benzene rings is 2. The molecule has 2 aromatic carbocycles. The molecule has 0 amide bonds. The molecule has 0 unspecified atom stereocenters. The van der Waals surface area contributed by atoms with E-state index in [0.29, 0.717) is 41.9 Å². The number of hydrogen-bond donors (Lipinski definition) is 0. The molecule has 3 aromatic rings. The summed E-state index contributed by atoms with van der Waals surface area (Å²) in [5, 5.41) is 0.674. The number of hydrogen-bond acceptors (Lipinski definition) is 5. The van der Waals surface area contributed by atoms with Gasteiger partial charge in [-0.15, -0.1) is 0 Å². The van der Waals surface area contributed by atoms with E-state index in [0.717, 1.165) is 17.7 Å². The third-order valence-corrected chi connectivity index (χ3v) is 4.52. The molecular formula is C21H17F3O5. The summed E-state index contributed by atoms with van der Waals surface area (Å²) in [5.74, 6) is 1.38. The van der Waals surface area contributed by atoms with Gasteiger partial charge in [-0.25, -0.2) is 4.79 Å². The Balaban J connectivity index is 1.41. The molecule has 0 fully saturated rings. The van der Waals surface area contributed by atoms with Crippen molar-refractivity contribution in [1.82, 2.24) is 0 Å². The number of alkyl halides is 3. The summed E-state index contributed by atoms with van der Waals surface area (Å²) in [6.07, 6.45) is -3.27. The first-order chi connectivity index (χ1) is 13.9. The maximum Gasteiger partial charge on any atom is 0.416 e. The lowest BCUT2D eigenvalue weighted by atomic mass is 10.1. The monoisotopic (exact) mass is 406 g/mol. The summed E-state index contributed by atoms with van der Waals surface area (Å²) in [7, 11) is 0. The van der Waals surface area contributed by atoms with E-state index >= 15 is 0 Å². The number of halogens is 3. The van der Waals surface area contributed by atoms with Gasteiger partial charge in [0.25, 0.3) is 0 Å². The van der Waals surface area contributed by atoms with Crippen LogP contribution < -0.4 is 19.8 Å². The molecule has 2 heterocycles. The molecule has 4 rings (SSSR count). The van der Waals surface area contributed by atoms with Crippen LogP contribution in [0.5, 0.6) is 17.2 Å². The standard InChI is InChI=1S/C21H17F3O5/c22-21(23,24)13-3-1-4-14(11-13)26-8-2-9-28-20-15-5-6-19(25)29-18(15)12-17-16(20)7-10-27-17/h1,3-6,11-12H,2,7-10H2. The van der Waals surface area contributed by atoms with Crippen LogP contribution in [0, 0.1) is 0 Å². The predicted molar refractivity (Wildman–Crippen MR) is 98.7 cm³/mol. The fraction of sp³-hybridized carbons (Fsp3) is 0.286. The van der Waals surface area contributed by atoms with E-state index in [2.05, 4.69) is 0 Å². The van der Waals surface area contributed by atoms with Gasteiger partial charge < -0.3 is 18.6 Å². The first-order valence-electron chi connectivity index (χ1n) is 9.07. The van der Waals surface area contributed by atoms with Crippen molar-refractivity contribution in [3.05, 3.63) is 64.0 Å². The SMILES string of the molecule is O=c1ccc2c(OCCCOc3cccc(C(F)(F)F)c3)c3c(cc2o1)OCC3. The van der Waals surface area contributed by atoms with Crippen molar-refractivity contribution in [2.45, 2.75) is 19.0 Å². The van der Waals surface area contributed by atoms with Crippen LogP contribution >= 0.6 is 0 Å². The molecule has 0 radical (unpaired) electrons. The van der Waals surface area contributed by atoms with Crippen LogP contribution in [0.1, 0.15) is 17.5 Å². The minimum atomic E-state index is -4.41. The second kappa shape index (κ2) is 7.69. The quantitative estimate of drug-likeness (QED) is 0.443. The lowest BCUT2D eigenvalue weighted by molar-refractivity contribution is -0.137. The van der Waals surface area contributed by atoms with E-state index in [-0.39, 0.29) is 19.0 Å². The fourth-order valence-electron chi connectivity index (χ4n) is 3.19. The maximum absolute atomic E-state index is 12.7. The molecule has 1 aliphatic rings. The minimum Gasteiger partial charge on any atom is -0.493 e. The second-order valence-electron chi connectivity index (χ2n) is 6.52. The lowest BCUT2D eigenvalue weighted by Crippen LogP contribution is -2.08. The average molecular weight is 406 g/mol. The van der Waals surface area contributed by atoms with E-state index in [9.17, 15) is 18.0 Å². The molecule has 0 bridgehead atoms. The Hall–Kier alpha value is -3.16. The molecule has 5 nitrogen and oxygen atoms in total. The predicted octanol–water partition coefficient (Wildman–Crippen LogP) is 4.59. The zero-order chi connectivity index (χ0) is 20.4. The summed E-state index contributed by atoms with van der Waals surface area (Å²) >= 11 is 0. The largest absolute Gasteiger partial charge is 0.493 e. The summed E-state index contributed by atoms with van der Waals surface area (Å²) < 4.78 is 60.3. The first kappa shape index (κ1) is 19.2. The lowest BCUT2D eigenvalue weighted by Gasteiger charge is -2.13. The van der Waals surface area contributed by atoms with Crippen LogP contribution in [0.4, 0.5) is 13.2 Å². The van der Waals surface area contributed by atoms with E-state index in [1.54, 1.807) is 12.1 Å². The molecule has 1 aliphatic heterocycles. The molecule has 0 spiro atoms. The Kier molecular flexibility index (Phi) is 5.08. The Bertz CT molecular complexity index is 1090. The van der Waals surface area contributed by atoms with Crippen LogP contribution in [0.25, 0.3) is 11.0 Å². The molecule has 0 aliphatic carbocycles. The minimum absolute atomic E-state index is 0.154. The van der Waals surface area contributed by atoms with Gasteiger partial charge in [-0.2, -0.15) is 13.2 Å². The smallest absolute Gasteiger partial charge is 0.416 e. The first-order valence-corrected chi connectivity index (χ1v) is 9.07. The van der Waals surface area contributed by atoms with Gasteiger partial charge >= 0.3 is 11.8 Å². The van der Waals surface area contributed by atoms with Gasteiger partial charge in [-0.05, 0) is 24.3 Å². The van der Waals surface area contributed by atoms with Gasteiger partial charge in [0.2, 0.25) is 0 Å². The van der Waals surface area contributed by atoms with Crippen LogP contribution in [0.3, 0.4) is 0 Å². The highest BCUT2D eigenvalue weighted by atomic mass is 19.4. The molecule has 0 N–H and O–H groups in total. The van der Waals surface area contributed by atoms with E-state index in [1.807, 2.05) is 0 Å². The van der Waals surface area contributed by atoms with Crippen molar-refractivity contribution in [2.24, 2.45) is 0 Å². The molecule has 0 saturated carbocycles. The Morgan fingerprint density at radius 1 is 1.03 bits per heavy atom. The molecule has 1 aromatic heterocycles. The normalized spacial score (nSPS) is 13.2. The zero-order valence-electron chi connectivity index (χ0n) is 15.3. The number of rotatable bonds is 6. The fourth-order valence-corrected chi connectivity index (χ4v) is 3.19. The van der Waals surface area contributed by atoms with Crippen molar-refractivity contribution in [2.75, 3.05) is 19.8 Å². The molecule has 8 heteroatoms. The second-order valence-corrected chi connectivity index (χ2v) is 6.52. The summed E-state index contributed by atoms with van der Waals surface area (Å²) in [6.45, 7) is 0.994. The summed E-state index contributed by atoms with van der Waals surface area (Å²) in [5.41, 5.74) is 0.0773. The average Bonchev–Trinajstić information content (AvgIpc) is 3.14. The number of fused-ring (bicyclic) bond motifs is 2. The molecule has 152 valence electrons. The van der Waals surface area contributed by atoms with Crippen LogP contribution in [0.2, 0.25) is 0 Å². The van der Waals surface area contributed by atoms with Crippen LogP contribution in [-0.4, -0.2) is 19.8 Å². The van der Waals surface area contributed by atoms with E-state index in [1.165, 1.54) is 18.2 Å². The summed E-state index contributed by atoms with van der Waals surface area (Å²) in [6, 6.07) is 9.41. The third-order valence-electron chi connectivity index (χ3n) is 4.52. The highest BCUT2D eigenvalue weighted by molar-refractivity contribution is 5.87. The number of ether oxygens (including phenoxy) is 3. The Morgan fingerprint density at radius 3 is 2.69 bits per heavy atom. The van der Waals surface area contributed by atoms with Gasteiger partial charge in [-0.3, -0.25) is 0 Å². The van der Waals surface area contributed by atoms with Crippen molar-refractivity contribution < 1.29 is 31.8 Å². The van der Waals surface area contributed by atoms with Crippen molar-refractivity contribution in [3.63, 3.8) is 0 Å². The Labute approximate surface area is 163 Å². The van der Waals surface area contributed by atoms with Gasteiger partial charge in [0, 0.05) is 30.5 Å².